The van der Waals surface area contributed by atoms with Crippen LogP contribution in [0, 0.1) is 0 Å². The lowest BCUT2D eigenvalue weighted by Gasteiger charge is -2.29. The average molecular weight is 539 g/mol. The maximum atomic E-state index is 11.8. The van der Waals surface area contributed by atoms with Gasteiger partial charge in [-0.2, -0.15) is 5.10 Å². The number of carbonyl (C=O) groups is 1. The van der Waals surface area contributed by atoms with Crippen molar-refractivity contribution < 1.29 is 19.4 Å². The Morgan fingerprint density at radius 1 is 1.08 bits per heavy atom. The second kappa shape index (κ2) is 11.7. The number of halogens is 1. The zero-order chi connectivity index (χ0) is 25.9. The largest absolute Gasteiger partial charge is 0.497 e. The van der Waals surface area contributed by atoms with Crippen LogP contribution in [0.3, 0.4) is 0 Å². The zero-order valence-corrected chi connectivity index (χ0v) is 22.4. The molecule has 0 radical (unpaired) electrons. The summed E-state index contributed by atoms with van der Waals surface area (Å²) in [4.78, 5) is 25.4. The molecule has 1 aliphatic rings. The molecule has 2 aromatic carbocycles. The first-order chi connectivity index (χ1) is 17.9. The van der Waals surface area contributed by atoms with Crippen LogP contribution in [0.25, 0.3) is 22.3 Å². The first-order valence-corrected chi connectivity index (χ1v) is 12.2. The number of aromatic nitrogens is 4. The number of aliphatic carboxylic acids is 1. The third-order valence-electron chi connectivity index (χ3n) is 6.75. The van der Waals surface area contributed by atoms with E-state index < -0.39 is 12.0 Å². The molecule has 1 saturated heterocycles. The van der Waals surface area contributed by atoms with Gasteiger partial charge in [-0.05, 0) is 37.6 Å². The van der Waals surface area contributed by atoms with Crippen LogP contribution in [-0.2, 0) is 11.8 Å². The number of carboxylic acid groups (broad SMARTS) is 1. The number of benzene rings is 2. The molecule has 0 amide bonds. The van der Waals surface area contributed by atoms with Crippen LogP contribution < -0.4 is 14.4 Å². The van der Waals surface area contributed by atoms with Gasteiger partial charge in [0.2, 0.25) is 0 Å². The van der Waals surface area contributed by atoms with Crippen molar-refractivity contribution in [1.29, 1.82) is 0 Å². The number of nitrogens with zero attached hydrogens (tertiary/aromatic N) is 6. The summed E-state index contributed by atoms with van der Waals surface area (Å²) in [7, 11) is 5.11. The number of likely N-dealkylation sites (tertiary alicyclic amines) is 1. The Hall–Kier alpha value is -3.89. The molecular formula is C27H31ClN6O4. The van der Waals surface area contributed by atoms with Gasteiger partial charge in [-0.1, -0.05) is 0 Å². The van der Waals surface area contributed by atoms with Gasteiger partial charge in [0.1, 0.15) is 17.5 Å². The van der Waals surface area contributed by atoms with Crippen LogP contribution in [0.1, 0.15) is 12.8 Å². The van der Waals surface area contributed by atoms with E-state index in [2.05, 4.69) is 15.0 Å². The molecule has 38 heavy (non-hydrogen) atoms. The molecule has 1 atom stereocenters. The molecule has 1 N–H and O–H groups in total. The first kappa shape index (κ1) is 27.2. The van der Waals surface area contributed by atoms with E-state index in [-0.39, 0.29) is 12.4 Å². The lowest BCUT2D eigenvalue weighted by atomic mass is 10.2. The van der Waals surface area contributed by atoms with E-state index in [1.165, 1.54) is 0 Å². The summed E-state index contributed by atoms with van der Waals surface area (Å²) in [5.41, 5.74) is 4.96. The van der Waals surface area contributed by atoms with Crippen LogP contribution in [0.5, 0.6) is 11.5 Å². The summed E-state index contributed by atoms with van der Waals surface area (Å²) in [6, 6.07) is 11.2. The molecule has 0 unspecified atom stereocenters. The highest BCUT2D eigenvalue weighted by atomic mass is 35.5. The number of hydrogen-bond acceptors (Lipinski definition) is 8. The number of aryl methyl sites for hydroxylation is 1. The van der Waals surface area contributed by atoms with Crippen molar-refractivity contribution in [3.63, 3.8) is 0 Å². The number of hydrogen-bond donors (Lipinski definition) is 1. The molecule has 1 fully saturated rings. The van der Waals surface area contributed by atoms with Gasteiger partial charge in [-0.15, -0.1) is 12.4 Å². The van der Waals surface area contributed by atoms with Crippen molar-refractivity contribution in [3.05, 3.63) is 55.0 Å². The van der Waals surface area contributed by atoms with Gasteiger partial charge < -0.3 is 19.5 Å². The normalized spacial score (nSPS) is 15.3. The minimum Gasteiger partial charge on any atom is -0.497 e. The SMILES string of the molecule is COc1cc(OC)cc(N(CCN2CCC[C@H]2C(=O)O)c2ccc3ncc(-c4cnn(C)c4)nc3c2)c1.Cl. The van der Waals surface area contributed by atoms with Gasteiger partial charge in [0.05, 0.1) is 43.3 Å². The zero-order valence-electron chi connectivity index (χ0n) is 21.6. The Bertz CT molecular complexity index is 1410. The Kier molecular flexibility index (Phi) is 8.33. The molecule has 0 spiro atoms. The second-order valence-corrected chi connectivity index (χ2v) is 9.09. The van der Waals surface area contributed by atoms with Crippen LogP contribution >= 0.6 is 12.4 Å². The van der Waals surface area contributed by atoms with Gasteiger partial charge >= 0.3 is 5.97 Å². The third kappa shape index (κ3) is 5.66. The standard InChI is InChI=1S/C27H30N6O4.ClH/c1-31-17-18(15-29-31)25-16-28-23-7-6-19(13-24(23)30-25)33(10-9-32-8-4-5-26(32)27(34)35)20-11-21(36-2)14-22(12-20)37-3;/h6-7,11-17,26H,4-5,8-10H2,1-3H3,(H,34,35);1H/t26-;/m0./s1. The summed E-state index contributed by atoms with van der Waals surface area (Å²) in [6.45, 7) is 1.93. The molecule has 2 aromatic heterocycles. The molecule has 3 heterocycles. The molecule has 10 nitrogen and oxygen atoms in total. The Labute approximate surface area is 227 Å². The maximum Gasteiger partial charge on any atom is 0.320 e. The van der Waals surface area contributed by atoms with E-state index in [0.29, 0.717) is 31.0 Å². The topological polar surface area (TPSA) is 106 Å². The van der Waals surface area contributed by atoms with Crippen LogP contribution in [0.4, 0.5) is 11.4 Å². The van der Waals surface area contributed by atoms with Crippen molar-refractivity contribution in [2.24, 2.45) is 7.05 Å². The fourth-order valence-electron chi connectivity index (χ4n) is 4.82. The number of carboxylic acids is 1. The molecule has 1 aliphatic heterocycles. The highest BCUT2D eigenvalue weighted by Gasteiger charge is 2.30. The minimum absolute atomic E-state index is 0. The van der Waals surface area contributed by atoms with Crippen LogP contribution in [0.15, 0.2) is 55.0 Å². The number of anilines is 2. The second-order valence-electron chi connectivity index (χ2n) is 9.09. The van der Waals surface area contributed by atoms with E-state index in [1.54, 1.807) is 31.3 Å². The third-order valence-corrected chi connectivity index (χ3v) is 6.75. The van der Waals surface area contributed by atoms with Gasteiger partial charge in [-0.3, -0.25) is 19.4 Å². The fraction of sp³-hybridized carbons (Fsp3) is 0.333. The smallest absolute Gasteiger partial charge is 0.320 e. The molecular weight excluding hydrogens is 508 g/mol. The number of rotatable bonds is 9. The summed E-state index contributed by atoms with van der Waals surface area (Å²) in [6.07, 6.45) is 6.98. The van der Waals surface area contributed by atoms with E-state index in [1.807, 2.05) is 54.5 Å². The molecule has 5 rings (SSSR count). The Morgan fingerprint density at radius 3 is 2.50 bits per heavy atom. The van der Waals surface area contributed by atoms with Crippen LogP contribution in [-0.4, -0.2) is 75.6 Å². The lowest BCUT2D eigenvalue weighted by molar-refractivity contribution is -0.142. The van der Waals surface area contributed by atoms with E-state index in [4.69, 9.17) is 14.5 Å². The van der Waals surface area contributed by atoms with Gasteiger partial charge in [0.25, 0.3) is 0 Å². The predicted octanol–water partition coefficient (Wildman–Crippen LogP) is 4.16. The van der Waals surface area contributed by atoms with Crippen molar-refractivity contribution >= 4 is 40.8 Å². The molecule has 11 heteroatoms. The van der Waals surface area contributed by atoms with Gasteiger partial charge in [-0.25, -0.2) is 4.98 Å². The molecule has 0 saturated carbocycles. The average Bonchev–Trinajstić information content (AvgIpc) is 3.57. The summed E-state index contributed by atoms with van der Waals surface area (Å²) < 4.78 is 12.8. The molecule has 0 bridgehead atoms. The summed E-state index contributed by atoms with van der Waals surface area (Å²) in [5, 5.41) is 13.9. The monoisotopic (exact) mass is 538 g/mol. The molecule has 4 aromatic rings. The quantitative estimate of drug-likeness (QED) is 0.336. The molecule has 0 aliphatic carbocycles. The van der Waals surface area contributed by atoms with E-state index in [9.17, 15) is 9.90 Å². The van der Waals surface area contributed by atoms with Crippen molar-refractivity contribution in [2.75, 3.05) is 38.8 Å². The minimum atomic E-state index is -0.768. The highest BCUT2D eigenvalue weighted by molar-refractivity contribution is 5.85. The van der Waals surface area contributed by atoms with Gasteiger partial charge in [0.15, 0.2) is 0 Å². The van der Waals surface area contributed by atoms with Gasteiger partial charge in [0, 0.05) is 61.5 Å². The van der Waals surface area contributed by atoms with E-state index in [0.717, 1.165) is 46.6 Å². The number of methoxy groups -OCH3 is 2. The molecule has 200 valence electrons. The summed E-state index contributed by atoms with van der Waals surface area (Å²) in [5.74, 6) is 0.572. The fourth-order valence-corrected chi connectivity index (χ4v) is 4.82. The highest BCUT2D eigenvalue weighted by Crippen LogP contribution is 2.34. The lowest BCUT2D eigenvalue weighted by Crippen LogP contribution is -2.40. The Balaban J connectivity index is 0.00000336. The Morgan fingerprint density at radius 2 is 1.84 bits per heavy atom. The maximum absolute atomic E-state index is 11.8. The van der Waals surface area contributed by atoms with E-state index >= 15 is 0 Å². The van der Waals surface area contributed by atoms with Crippen LogP contribution in [0.2, 0.25) is 0 Å². The predicted molar refractivity (Wildman–Crippen MR) is 148 cm³/mol. The first-order valence-electron chi connectivity index (χ1n) is 12.2. The van der Waals surface area contributed by atoms with Crippen molar-refractivity contribution in [1.82, 2.24) is 24.6 Å². The van der Waals surface area contributed by atoms with Crippen molar-refractivity contribution in [2.45, 2.75) is 18.9 Å². The summed E-state index contributed by atoms with van der Waals surface area (Å²) >= 11 is 0. The number of fused-ring (bicyclic) bond motifs is 1. The number of ether oxygens (including phenoxy) is 2. The van der Waals surface area contributed by atoms with Crippen molar-refractivity contribution in [3.8, 4) is 22.8 Å².